The third-order valence-corrected chi connectivity index (χ3v) is 4.96. The predicted octanol–water partition coefficient (Wildman–Crippen LogP) is 6.61. The molecule has 0 fully saturated rings. The highest BCUT2D eigenvalue weighted by Crippen LogP contribution is 2.16. The van der Waals surface area contributed by atoms with E-state index in [9.17, 15) is 4.79 Å². The minimum absolute atomic E-state index is 0.141. The third kappa shape index (κ3) is 14.7. The van der Waals surface area contributed by atoms with Gasteiger partial charge in [0.15, 0.2) is 0 Å². The molecule has 0 aromatic heterocycles. The average Bonchev–Trinajstić information content (AvgIpc) is 2.39. The molecule has 0 aliphatic rings. The molecule has 0 aliphatic carbocycles. The van der Waals surface area contributed by atoms with Crippen molar-refractivity contribution < 1.29 is 4.79 Å². The van der Waals surface area contributed by atoms with Gasteiger partial charge in [0.2, 0.25) is 5.24 Å². The Morgan fingerprint density at radius 2 is 1.21 bits per heavy atom. The molecular weight excluding hydrogens is 324 g/mol. The first-order valence-corrected chi connectivity index (χ1v) is 9.31. The SMILES string of the molecule is CCCCCCCCCCCCCC[C@H](Br)C(=O)Cl. The molecule has 0 aromatic rings. The van der Waals surface area contributed by atoms with Crippen LogP contribution < -0.4 is 0 Å². The molecule has 0 rings (SSSR count). The van der Waals surface area contributed by atoms with E-state index in [4.69, 9.17) is 11.6 Å². The normalized spacial score (nSPS) is 12.6. The number of hydrogen-bond donors (Lipinski definition) is 0. The first-order chi connectivity index (χ1) is 9.18. The molecule has 19 heavy (non-hydrogen) atoms. The van der Waals surface area contributed by atoms with Crippen LogP contribution in [-0.2, 0) is 4.79 Å². The van der Waals surface area contributed by atoms with Crippen molar-refractivity contribution in [3.8, 4) is 0 Å². The zero-order valence-corrected chi connectivity index (χ0v) is 14.8. The molecule has 0 radical (unpaired) electrons. The van der Waals surface area contributed by atoms with E-state index >= 15 is 0 Å². The van der Waals surface area contributed by atoms with Crippen LogP contribution in [0.5, 0.6) is 0 Å². The molecule has 0 saturated heterocycles. The maximum Gasteiger partial charge on any atom is 0.235 e. The Morgan fingerprint density at radius 1 is 0.842 bits per heavy atom. The quantitative estimate of drug-likeness (QED) is 0.195. The molecule has 0 N–H and O–H groups in total. The second-order valence-electron chi connectivity index (χ2n) is 5.45. The van der Waals surface area contributed by atoms with Gasteiger partial charge >= 0.3 is 0 Å². The van der Waals surface area contributed by atoms with Crippen molar-refractivity contribution in [1.29, 1.82) is 0 Å². The fraction of sp³-hybridized carbons (Fsp3) is 0.938. The summed E-state index contributed by atoms with van der Waals surface area (Å²) in [5.41, 5.74) is 0. The van der Waals surface area contributed by atoms with E-state index in [-0.39, 0.29) is 10.1 Å². The van der Waals surface area contributed by atoms with Gasteiger partial charge in [0, 0.05) is 0 Å². The minimum Gasteiger partial charge on any atom is -0.280 e. The summed E-state index contributed by atoms with van der Waals surface area (Å²) in [6.07, 6.45) is 17.0. The zero-order valence-electron chi connectivity index (χ0n) is 12.4. The van der Waals surface area contributed by atoms with Crippen LogP contribution in [0.25, 0.3) is 0 Å². The summed E-state index contributed by atoms with van der Waals surface area (Å²) in [4.78, 5) is 10.7. The van der Waals surface area contributed by atoms with E-state index in [1.807, 2.05) is 0 Å². The number of halogens is 2. The number of alkyl halides is 1. The molecule has 0 heterocycles. The lowest BCUT2D eigenvalue weighted by Gasteiger charge is -2.04. The predicted molar refractivity (Wildman–Crippen MR) is 89.3 cm³/mol. The lowest BCUT2D eigenvalue weighted by atomic mass is 10.0. The van der Waals surface area contributed by atoms with Crippen LogP contribution in [0.4, 0.5) is 0 Å². The Hall–Kier alpha value is 0.440. The highest BCUT2D eigenvalue weighted by molar-refractivity contribution is 9.10. The summed E-state index contributed by atoms with van der Waals surface area (Å²) in [6, 6.07) is 0. The molecule has 0 aromatic carbocycles. The lowest BCUT2D eigenvalue weighted by molar-refractivity contribution is -0.111. The van der Waals surface area contributed by atoms with E-state index in [2.05, 4.69) is 22.9 Å². The highest BCUT2D eigenvalue weighted by Gasteiger charge is 2.10. The number of hydrogen-bond acceptors (Lipinski definition) is 1. The summed E-state index contributed by atoms with van der Waals surface area (Å²) < 4.78 is 0. The lowest BCUT2D eigenvalue weighted by Crippen LogP contribution is -2.06. The second-order valence-corrected chi connectivity index (χ2v) is 6.93. The van der Waals surface area contributed by atoms with Gasteiger partial charge in [-0.2, -0.15) is 0 Å². The van der Waals surface area contributed by atoms with Crippen molar-refractivity contribution in [2.24, 2.45) is 0 Å². The minimum atomic E-state index is -0.261. The van der Waals surface area contributed by atoms with Gasteiger partial charge in [-0.05, 0) is 18.0 Å². The molecule has 1 atom stereocenters. The average molecular weight is 354 g/mol. The molecule has 0 spiro atoms. The van der Waals surface area contributed by atoms with Gasteiger partial charge in [0.25, 0.3) is 0 Å². The number of rotatable bonds is 14. The van der Waals surface area contributed by atoms with Crippen LogP contribution >= 0.6 is 27.5 Å². The fourth-order valence-electron chi connectivity index (χ4n) is 2.28. The van der Waals surface area contributed by atoms with Crippen LogP contribution in [0.2, 0.25) is 0 Å². The molecular formula is C16H30BrClO. The first-order valence-electron chi connectivity index (χ1n) is 8.02. The number of carbonyl (C=O) groups is 1. The second kappa shape index (κ2) is 14.8. The largest absolute Gasteiger partial charge is 0.280 e. The number of carbonyl (C=O) groups excluding carboxylic acids is 1. The Labute approximate surface area is 133 Å². The van der Waals surface area contributed by atoms with Crippen LogP contribution in [0, 0.1) is 0 Å². The molecule has 0 unspecified atom stereocenters. The van der Waals surface area contributed by atoms with Gasteiger partial charge in [-0.15, -0.1) is 0 Å². The molecule has 0 saturated carbocycles. The molecule has 114 valence electrons. The van der Waals surface area contributed by atoms with Gasteiger partial charge in [-0.25, -0.2) is 0 Å². The highest BCUT2D eigenvalue weighted by atomic mass is 79.9. The maximum absolute atomic E-state index is 10.8. The molecule has 3 heteroatoms. The van der Waals surface area contributed by atoms with Crippen molar-refractivity contribution in [2.45, 2.75) is 95.2 Å². The van der Waals surface area contributed by atoms with E-state index in [1.54, 1.807) is 0 Å². The van der Waals surface area contributed by atoms with E-state index in [0.717, 1.165) is 12.8 Å². The van der Waals surface area contributed by atoms with E-state index in [0.29, 0.717) is 0 Å². The molecule has 1 nitrogen and oxygen atoms in total. The van der Waals surface area contributed by atoms with Crippen LogP contribution in [0.15, 0.2) is 0 Å². The topological polar surface area (TPSA) is 17.1 Å². The molecule has 0 bridgehead atoms. The van der Waals surface area contributed by atoms with Gasteiger partial charge in [0.05, 0.1) is 4.83 Å². The van der Waals surface area contributed by atoms with Crippen molar-refractivity contribution in [3.05, 3.63) is 0 Å². The Kier molecular flexibility index (Phi) is 15.2. The monoisotopic (exact) mass is 352 g/mol. The Morgan fingerprint density at radius 3 is 1.58 bits per heavy atom. The van der Waals surface area contributed by atoms with Crippen LogP contribution in [0.1, 0.15) is 90.4 Å². The van der Waals surface area contributed by atoms with Crippen LogP contribution in [-0.4, -0.2) is 10.1 Å². The van der Waals surface area contributed by atoms with Crippen molar-refractivity contribution >= 4 is 32.8 Å². The molecule has 0 amide bonds. The van der Waals surface area contributed by atoms with Gasteiger partial charge in [-0.3, -0.25) is 4.79 Å². The summed E-state index contributed by atoms with van der Waals surface area (Å²) >= 11 is 8.67. The summed E-state index contributed by atoms with van der Waals surface area (Å²) in [5.74, 6) is 0. The fourth-order valence-corrected chi connectivity index (χ4v) is 2.71. The Balaban J connectivity index is 3.05. The van der Waals surface area contributed by atoms with Crippen molar-refractivity contribution in [1.82, 2.24) is 0 Å². The summed E-state index contributed by atoms with van der Waals surface area (Å²) in [7, 11) is 0. The standard InChI is InChI=1S/C16H30BrClO/c1-2-3-4-5-6-7-8-9-10-11-12-13-14-15(17)16(18)19/h15H,2-14H2,1H3/t15-/m0/s1. The molecule has 0 aliphatic heterocycles. The van der Waals surface area contributed by atoms with Crippen LogP contribution in [0.3, 0.4) is 0 Å². The number of unbranched alkanes of at least 4 members (excludes halogenated alkanes) is 11. The Bertz CT molecular complexity index is 209. The summed E-state index contributed by atoms with van der Waals surface area (Å²) in [5, 5.41) is -0.261. The summed E-state index contributed by atoms with van der Waals surface area (Å²) in [6.45, 7) is 2.26. The zero-order chi connectivity index (χ0) is 14.3. The van der Waals surface area contributed by atoms with E-state index < -0.39 is 0 Å². The van der Waals surface area contributed by atoms with Crippen molar-refractivity contribution in [2.75, 3.05) is 0 Å². The smallest absolute Gasteiger partial charge is 0.235 e. The van der Waals surface area contributed by atoms with E-state index in [1.165, 1.54) is 70.6 Å². The van der Waals surface area contributed by atoms with Gasteiger partial charge in [-0.1, -0.05) is 99.9 Å². The van der Waals surface area contributed by atoms with Crippen molar-refractivity contribution in [3.63, 3.8) is 0 Å². The maximum atomic E-state index is 10.8. The third-order valence-electron chi connectivity index (χ3n) is 3.56. The van der Waals surface area contributed by atoms with Gasteiger partial charge < -0.3 is 0 Å². The first kappa shape index (κ1) is 19.4. The van der Waals surface area contributed by atoms with Gasteiger partial charge in [0.1, 0.15) is 0 Å².